The van der Waals surface area contributed by atoms with E-state index in [4.69, 9.17) is 36.5 Å². The molecule has 0 aliphatic heterocycles. The molecular weight excluding hydrogens is 303 g/mol. The molecule has 1 aromatic carbocycles. The Morgan fingerprint density at radius 1 is 0.947 bits per heavy atom. The molecule has 108 valence electrons. The Kier molecular flexibility index (Phi) is 7.35. The summed E-state index contributed by atoms with van der Waals surface area (Å²) in [5.41, 5.74) is 0.938. The van der Waals surface area contributed by atoms with Crippen LogP contribution >= 0.6 is 23.2 Å². The van der Waals surface area contributed by atoms with Gasteiger partial charge in [0.15, 0.2) is 0 Å². The quantitative estimate of drug-likeness (QED) is 0.674. The minimum Gasteiger partial charge on any atom is -0.374 e. The van der Waals surface area contributed by atoms with Crippen LogP contribution in [0.1, 0.15) is 26.3 Å². The fourth-order valence-electron chi connectivity index (χ4n) is 1.84. The number of halogens is 2. The third-order valence-electron chi connectivity index (χ3n) is 2.51. The monoisotopic (exact) mass is 322 g/mol. The highest BCUT2D eigenvalue weighted by molar-refractivity contribution is 6.60. The Labute approximate surface area is 126 Å². The topological polar surface area (TPSA) is 27.7 Å². The van der Waals surface area contributed by atoms with Crippen LogP contribution in [-0.2, 0) is 19.3 Å². The van der Waals surface area contributed by atoms with Crippen LogP contribution in [-0.4, -0.2) is 28.6 Å². The second kappa shape index (κ2) is 8.24. The van der Waals surface area contributed by atoms with E-state index in [0.717, 1.165) is 5.56 Å². The predicted molar refractivity (Wildman–Crippen MR) is 80.8 cm³/mol. The molecule has 0 heterocycles. The molecule has 0 atom stereocenters. The molecule has 0 unspecified atom stereocenters. The Morgan fingerprint density at radius 2 is 1.47 bits per heavy atom. The van der Waals surface area contributed by atoms with Crippen molar-refractivity contribution in [3.8, 4) is 0 Å². The van der Waals surface area contributed by atoms with Gasteiger partial charge in [0.25, 0.3) is 0 Å². The molecule has 3 nitrogen and oxygen atoms in total. The van der Waals surface area contributed by atoms with E-state index >= 15 is 0 Å². The Bertz CT molecular complexity index is 384. The lowest BCUT2D eigenvalue weighted by Crippen LogP contribution is -2.48. The Hall–Kier alpha value is -0.103. The molecule has 1 aromatic rings. The van der Waals surface area contributed by atoms with Crippen LogP contribution in [0.3, 0.4) is 0 Å². The molecular formula is C13H20Cl2O3Si. The van der Waals surface area contributed by atoms with Crippen molar-refractivity contribution in [2.24, 2.45) is 0 Å². The summed E-state index contributed by atoms with van der Waals surface area (Å²) in [6.07, 6.45) is 0. The van der Waals surface area contributed by atoms with Crippen LogP contribution in [0.4, 0.5) is 0 Å². The minimum absolute atomic E-state index is 0.553. The smallest absolute Gasteiger partial charge is 0.374 e. The van der Waals surface area contributed by atoms with Crippen LogP contribution in [0.2, 0.25) is 10.0 Å². The lowest BCUT2D eigenvalue weighted by Gasteiger charge is -2.28. The van der Waals surface area contributed by atoms with Gasteiger partial charge < -0.3 is 13.3 Å². The average Bonchev–Trinajstić information content (AvgIpc) is 2.34. The van der Waals surface area contributed by atoms with Crippen molar-refractivity contribution in [2.45, 2.75) is 26.8 Å². The first kappa shape index (κ1) is 16.9. The van der Waals surface area contributed by atoms with E-state index in [1.54, 1.807) is 6.07 Å². The molecule has 0 fully saturated rings. The van der Waals surface area contributed by atoms with Crippen LogP contribution in [0.25, 0.3) is 0 Å². The van der Waals surface area contributed by atoms with E-state index in [0.29, 0.717) is 35.9 Å². The molecule has 0 bridgehead atoms. The van der Waals surface area contributed by atoms with E-state index in [1.807, 2.05) is 32.9 Å². The lowest BCUT2D eigenvalue weighted by atomic mass is 10.2. The zero-order valence-electron chi connectivity index (χ0n) is 11.5. The van der Waals surface area contributed by atoms with Gasteiger partial charge in [-0.15, -0.1) is 0 Å². The summed E-state index contributed by atoms with van der Waals surface area (Å²) in [6.45, 7) is 7.46. The third kappa shape index (κ3) is 5.06. The summed E-state index contributed by atoms with van der Waals surface area (Å²) in [4.78, 5) is 0. The van der Waals surface area contributed by atoms with Gasteiger partial charge in [-0.05, 0) is 38.5 Å². The molecule has 1 rings (SSSR count). The van der Waals surface area contributed by atoms with E-state index in [9.17, 15) is 0 Å². The zero-order valence-corrected chi connectivity index (χ0v) is 14.1. The van der Waals surface area contributed by atoms with E-state index in [2.05, 4.69) is 0 Å². The first-order valence-corrected chi connectivity index (χ1v) is 9.11. The summed E-state index contributed by atoms with van der Waals surface area (Å²) in [5.74, 6) is 0. The van der Waals surface area contributed by atoms with Gasteiger partial charge in [0.1, 0.15) is 0 Å². The molecule has 0 radical (unpaired) electrons. The van der Waals surface area contributed by atoms with Crippen LogP contribution < -0.4 is 0 Å². The van der Waals surface area contributed by atoms with Crippen molar-refractivity contribution in [3.05, 3.63) is 33.8 Å². The predicted octanol–water partition coefficient (Wildman–Crippen LogP) is 4.12. The highest BCUT2D eigenvalue weighted by Crippen LogP contribution is 2.25. The van der Waals surface area contributed by atoms with Crippen molar-refractivity contribution < 1.29 is 13.3 Å². The normalized spacial score (nSPS) is 11.8. The molecule has 0 aliphatic rings. The fourth-order valence-corrected chi connectivity index (χ4v) is 5.07. The largest absolute Gasteiger partial charge is 0.505 e. The Balaban J connectivity index is 2.97. The van der Waals surface area contributed by atoms with Gasteiger partial charge in [-0.1, -0.05) is 29.3 Å². The second-order valence-electron chi connectivity index (χ2n) is 3.89. The van der Waals surface area contributed by atoms with E-state index in [1.165, 1.54) is 0 Å². The summed E-state index contributed by atoms with van der Waals surface area (Å²) < 4.78 is 17.4. The van der Waals surface area contributed by atoms with Gasteiger partial charge in [-0.2, -0.15) is 0 Å². The molecule has 0 saturated heterocycles. The van der Waals surface area contributed by atoms with Gasteiger partial charge >= 0.3 is 8.80 Å². The molecule has 0 saturated carbocycles. The average molecular weight is 323 g/mol. The van der Waals surface area contributed by atoms with E-state index in [-0.39, 0.29) is 0 Å². The van der Waals surface area contributed by atoms with Crippen LogP contribution in [0, 0.1) is 0 Å². The Morgan fingerprint density at radius 3 is 1.89 bits per heavy atom. The van der Waals surface area contributed by atoms with Gasteiger partial charge in [-0.3, -0.25) is 0 Å². The zero-order chi connectivity index (χ0) is 14.3. The van der Waals surface area contributed by atoms with Crippen molar-refractivity contribution >= 4 is 32.0 Å². The highest BCUT2D eigenvalue weighted by atomic mass is 35.5. The van der Waals surface area contributed by atoms with Gasteiger partial charge in [0.2, 0.25) is 0 Å². The molecule has 19 heavy (non-hydrogen) atoms. The van der Waals surface area contributed by atoms with Crippen molar-refractivity contribution in [1.82, 2.24) is 0 Å². The van der Waals surface area contributed by atoms with Crippen LogP contribution in [0.15, 0.2) is 18.2 Å². The first-order chi connectivity index (χ1) is 9.06. The minimum atomic E-state index is -2.71. The van der Waals surface area contributed by atoms with Crippen LogP contribution in [0.5, 0.6) is 0 Å². The molecule has 0 aromatic heterocycles. The maximum Gasteiger partial charge on any atom is 0.505 e. The van der Waals surface area contributed by atoms with Crippen molar-refractivity contribution in [3.63, 3.8) is 0 Å². The second-order valence-corrected chi connectivity index (χ2v) is 7.32. The lowest BCUT2D eigenvalue weighted by molar-refractivity contribution is 0.0704. The standard InChI is InChI=1S/C13H20Cl2O3Si/c1-4-16-19(17-5-2,18-6-3)10-11-7-8-12(14)9-13(11)15/h7-9H,4-6,10H2,1-3H3. The highest BCUT2D eigenvalue weighted by Gasteiger charge is 2.41. The molecule has 0 spiro atoms. The summed E-state index contributed by atoms with van der Waals surface area (Å²) in [5, 5.41) is 1.23. The maximum atomic E-state index is 6.21. The summed E-state index contributed by atoms with van der Waals surface area (Å²) >= 11 is 12.1. The molecule has 6 heteroatoms. The first-order valence-electron chi connectivity index (χ1n) is 6.42. The maximum absolute atomic E-state index is 6.21. The van der Waals surface area contributed by atoms with Gasteiger partial charge in [-0.25, -0.2) is 0 Å². The fraction of sp³-hybridized carbons (Fsp3) is 0.538. The van der Waals surface area contributed by atoms with Crippen molar-refractivity contribution in [1.29, 1.82) is 0 Å². The molecule has 0 N–H and O–H groups in total. The summed E-state index contributed by atoms with van der Waals surface area (Å²) in [7, 11) is -2.71. The van der Waals surface area contributed by atoms with E-state index < -0.39 is 8.80 Å². The van der Waals surface area contributed by atoms with Gasteiger partial charge in [0.05, 0.1) is 0 Å². The third-order valence-corrected chi connectivity index (χ3v) is 6.10. The number of benzene rings is 1. The number of hydrogen-bond acceptors (Lipinski definition) is 3. The molecule has 0 aliphatic carbocycles. The summed E-state index contributed by atoms with van der Waals surface area (Å²) in [6, 6.07) is 5.98. The number of hydrogen-bond donors (Lipinski definition) is 0. The van der Waals surface area contributed by atoms with Gasteiger partial charge in [0, 0.05) is 35.9 Å². The molecule has 0 amide bonds. The SMILES string of the molecule is CCO[Si](Cc1ccc(Cl)cc1Cl)(OCC)OCC. The van der Waals surface area contributed by atoms with Crippen molar-refractivity contribution in [2.75, 3.05) is 19.8 Å². The number of rotatable bonds is 8.